The Bertz CT molecular complexity index is 107. The largest absolute Gasteiger partial charge is 0.315 e. The van der Waals surface area contributed by atoms with E-state index < -0.39 is 0 Å². The van der Waals surface area contributed by atoms with Gasteiger partial charge in [0.25, 0.3) is 0 Å². The number of hydrogen-bond donors (Lipinski definition) is 1. The smallest absolute Gasteiger partial charge is 0.0152 e. The van der Waals surface area contributed by atoms with Crippen molar-refractivity contribution in [3.8, 4) is 0 Å². The van der Waals surface area contributed by atoms with Crippen LogP contribution in [-0.2, 0) is 0 Å². The van der Waals surface area contributed by atoms with Crippen molar-refractivity contribution in [1.29, 1.82) is 0 Å². The molecule has 0 fully saturated rings. The summed E-state index contributed by atoms with van der Waals surface area (Å²) in [5.41, 5.74) is 0.742. The summed E-state index contributed by atoms with van der Waals surface area (Å²) < 4.78 is 0. The Labute approximate surface area is 71.6 Å². The van der Waals surface area contributed by atoms with E-state index >= 15 is 0 Å². The predicted molar refractivity (Wildman–Crippen MR) is 51.8 cm³/mol. The summed E-state index contributed by atoms with van der Waals surface area (Å²) in [5, 5.41) is 3.38. The molecule has 0 rings (SSSR count). The van der Waals surface area contributed by atoms with E-state index in [9.17, 15) is 0 Å². The van der Waals surface area contributed by atoms with Crippen LogP contribution in [0.15, 0.2) is 0 Å². The maximum atomic E-state index is 3.38. The Balaban J connectivity index is 4.08. The van der Waals surface area contributed by atoms with Gasteiger partial charge in [0.15, 0.2) is 0 Å². The second-order valence-corrected chi connectivity index (χ2v) is 4.90. The molecule has 0 radical (unpaired) electrons. The van der Waals surface area contributed by atoms with Gasteiger partial charge in [0.1, 0.15) is 0 Å². The molecule has 1 unspecified atom stereocenters. The van der Waals surface area contributed by atoms with Gasteiger partial charge >= 0.3 is 0 Å². The summed E-state index contributed by atoms with van der Waals surface area (Å²) in [6, 6.07) is 0. The molecule has 0 heterocycles. The molecule has 0 aliphatic heterocycles. The minimum Gasteiger partial charge on any atom is -0.315 e. The van der Waals surface area contributed by atoms with E-state index in [4.69, 9.17) is 0 Å². The molecule has 0 aromatic heterocycles. The third-order valence-electron chi connectivity index (χ3n) is 2.30. The number of nitrogens with one attached hydrogen (secondary N) is 1. The minimum absolute atomic E-state index is 0.318. The number of rotatable bonds is 3. The lowest BCUT2D eigenvalue weighted by Gasteiger charge is -2.34. The molecule has 0 aromatic rings. The Kier molecular flexibility index (Phi) is 3.56. The van der Waals surface area contributed by atoms with E-state index in [1.165, 1.54) is 12.8 Å². The molecular weight excluding hydrogens is 134 g/mol. The maximum Gasteiger partial charge on any atom is 0.0152 e. The van der Waals surface area contributed by atoms with Gasteiger partial charge < -0.3 is 5.32 Å². The Morgan fingerprint density at radius 1 is 1.09 bits per heavy atom. The third-order valence-corrected chi connectivity index (χ3v) is 2.30. The third kappa shape index (κ3) is 4.41. The van der Waals surface area contributed by atoms with Gasteiger partial charge in [0, 0.05) is 5.54 Å². The first kappa shape index (κ1) is 11.0. The fourth-order valence-electron chi connectivity index (χ4n) is 1.56. The molecule has 0 aliphatic rings. The van der Waals surface area contributed by atoms with Crippen molar-refractivity contribution < 1.29 is 0 Å². The Hall–Kier alpha value is -0.0400. The van der Waals surface area contributed by atoms with Gasteiger partial charge in [-0.3, -0.25) is 0 Å². The summed E-state index contributed by atoms with van der Waals surface area (Å²) in [7, 11) is 2.05. The molecule has 0 aliphatic carbocycles. The predicted octanol–water partition coefficient (Wildman–Crippen LogP) is 2.81. The fraction of sp³-hybridized carbons (Fsp3) is 1.00. The molecule has 1 heteroatoms. The van der Waals surface area contributed by atoms with Crippen LogP contribution >= 0.6 is 0 Å². The molecule has 0 aromatic carbocycles. The van der Waals surface area contributed by atoms with Gasteiger partial charge in [0.2, 0.25) is 0 Å². The quantitative estimate of drug-likeness (QED) is 0.664. The van der Waals surface area contributed by atoms with E-state index in [2.05, 4.69) is 47.0 Å². The van der Waals surface area contributed by atoms with Crippen LogP contribution in [0.5, 0.6) is 0 Å². The van der Waals surface area contributed by atoms with Crippen LogP contribution in [0.4, 0.5) is 0 Å². The molecule has 11 heavy (non-hydrogen) atoms. The first-order chi connectivity index (χ1) is 4.83. The van der Waals surface area contributed by atoms with Crippen molar-refractivity contribution in [1.82, 2.24) is 5.32 Å². The zero-order valence-corrected chi connectivity index (χ0v) is 8.91. The summed E-state index contributed by atoms with van der Waals surface area (Å²) in [6.07, 6.45) is 2.42. The lowest BCUT2D eigenvalue weighted by atomic mass is 9.79. The highest BCUT2D eigenvalue weighted by Gasteiger charge is 2.26. The average Bonchev–Trinajstić information content (AvgIpc) is 1.84. The minimum atomic E-state index is 0.318. The highest BCUT2D eigenvalue weighted by Crippen LogP contribution is 2.28. The van der Waals surface area contributed by atoms with Crippen LogP contribution in [0.2, 0.25) is 0 Å². The summed E-state index contributed by atoms with van der Waals surface area (Å²) in [4.78, 5) is 0. The van der Waals surface area contributed by atoms with E-state index in [-0.39, 0.29) is 0 Å². The Morgan fingerprint density at radius 3 is 1.64 bits per heavy atom. The summed E-state index contributed by atoms with van der Waals surface area (Å²) in [5.74, 6) is 0. The maximum absolute atomic E-state index is 3.38. The topological polar surface area (TPSA) is 12.0 Å². The summed E-state index contributed by atoms with van der Waals surface area (Å²) in [6.45, 7) is 11.4. The van der Waals surface area contributed by atoms with Crippen LogP contribution in [0.25, 0.3) is 0 Å². The standard InChI is InChI=1S/C10H23N/c1-7-10(5,11-6)8-9(2,3)4/h11H,7-8H2,1-6H3. The summed E-state index contributed by atoms with van der Waals surface area (Å²) >= 11 is 0. The fourth-order valence-corrected chi connectivity index (χ4v) is 1.56. The normalized spacial score (nSPS) is 18.0. The van der Waals surface area contributed by atoms with Crippen LogP contribution in [-0.4, -0.2) is 12.6 Å². The van der Waals surface area contributed by atoms with E-state index in [0.29, 0.717) is 11.0 Å². The molecule has 1 N–H and O–H groups in total. The van der Waals surface area contributed by atoms with Crippen molar-refractivity contribution in [2.75, 3.05) is 7.05 Å². The molecule has 68 valence electrons. The van der Waals surface area contributed by atoms with Gasteiger partial charge in [-0.25, -0.2) is 0 Å². The van der Waals surface area contributed by atoms with Crippen molar-refractivity contribution >= 4 is 0 Å². The van der Waals surface area contributed by atoms with Crippen molar-refractivity contribution in [2.45, 2.75) is 53.0 Å². The van der Waals surface area contributed by atoms with Gasteiger partial charge in [-0.15, -0.1) is 0 Å². The zero-order valence-electron chi connectivity index (χ0n) is 8.91. The van der Waals surface area contributed by atoms with Gasteiger partial charge in [-0.1, -0.05) is 27.7 Å². The lowest BCUT2D eigenvalue weighted by molar-refractivity contribution is 0.230. The van der Waals surface area contributed by atoms with Crippen LogP contribution in [0, 0.1) is 5.41 Å². The van der Waals surface area contributed by atoms with Gasteiger partial charge in [-0.05, 0) is 32.2 Å². The number of hydrogen-bond acceptors (Lipinski definition) is 1. The molecule has 0 saturated carbocycles. The second-order valence-electron chi connectivity index (χ2n) is 4.90. The van der Waals surface area contributed by atoms with Crippen molar-refractivity contribution in [2.24, 2.45) is 5.41 Å². The van der Waals surface area contributed by atoms with Gasteiger partial charge in [-0.2, -0.15) is 0 Å². The molecular formula is C10H23N. The highest BCUT2D eigenvalue weighted by molar-refractivity contribution is 4.84. The van der Waals surface area contributed by atoms with Crippen LogP contribution < -0.4 is 5.32 Å². The van der Waals surface area contributed by atoms with Crippen molar-refractivity contribution in [3.05, 3.63) is 0 Å². The van der Waals surface area contributed by atoms with E-state index in [1.54, 1.807) is 0 Å². The molecule has 0 spiro atoms. The first-order valence-electron chi connectivity index (χ1n) is 4.52. The molecule has 0 amide bonds. The molecule has 0 bridgehead atoms. The lowest BCUT2D eigenvalue weighted by Crippen LogP contribution is -2.42. The molecule has 0 saturated heterocycles. The SMILES string of the molecule is CCC(C)(CC(C)(C)C)NC. The zero-order chi connectivity index (χ0) is 9.12. The Morgan fingerprint density at radius 2 is 1.55 bits per heavy atom. The molecule has 1 atom stereocenters. The highest BCUT2D eigenvalue weighted by atomic mass is 14.9. The van der Waals surface area contributed by atoms with Crippen molar-refractivity contribution in [3.63, 3.8) is 0 Å². The molecule has 1 nitrogen and oxygen atoms in total. The van der Waals surface area contributed by atoms with Crippen LogP contribution in [0.1, 0.15) is 47.5 Å². The van der Waals surface area contributed by atoms with Crippen LogP contribution in [0.3, 0.4) is 0 Å². The van der Waals surface area contributed by atoms with E-state index in [0.717, 1.165) is 0 Å². The monoisotopic (exact) mass is 157 g/mol. The second kappa shape index (κ2) is 3.57. The van der Waals surface area contributed by atoms with E-state index in [1.807, 2.05) is 0 Å². The van der Waals surface area contributed by atoms with Gasteiger partial charge in [0.05, 0.1) is 0 Å². The average molecular weight is 157 g/mol. The first-order valence-corrected chi connectivity index (χ1v) is 4.52.